The van der Waals surface area contributed by atoms with Gasteiger partial charge < -0.3 is 20.2 Å². The molecular formula is C13H15N3O3. The summed E-state index contributed by atoms with van der Waals surface area (Å²) < 4.78 is 9.94. The first-order valence-corrected chi connectivity index (χ1v) is 5.90. The number of aromatic nitrogens is 1. The van der Waals surface area contributed by atoms with Gasteiger partial charge in [-0.25, -0.2) is 4.79 Å². The number of nitrogens with zero attached hydrogens (tertiary/aromatic N) is 1. The van der Waals surface area contributed by atoms with Crippen LogP contribution in [0.3, 0.4) is 0 Å². The van der Waals surface area contributed by atoms with E-state index in [9.17, 15) is 4.79 Å². The van der Waals surface area contributed by atoms with E-state index in [-0.39, 0.29) is 11.7 Å². The Kier molecular flexibility index (Phi) is 4.02. The highest BCUT2D eigenvalue weighted by molar-refractivity contribution is 5.87. The number of nitrogens with two attached hydrogens (primary N) is 1. The standard InChI is InChI=1S/C13H15N3O3/c1-2-18-12(17)11-8-19-13(16-11)15-7-9-3-5-10(14)6-4-9/h3-6,8H,2,7,14H2,1H3,(H,15,16). The summed E-state index contributed by atoms with van der Waals surface area (Å²) >= 11 is 0. The van der Waals surface area contributed by atoms with Crippen LogP contribution in [0.15, 0.2) is 34.9 Å². The maximum absolute atomic E-state index is 11.4. The van der Waals surface area contributed by atoms with E-state index >= 15 is 0 Å². The van der Waals surface area contributed by atoms with Crippen LogP contribution < -0.4 is 11.1 Å². The van der Waals surface area contributed by atoms with Crippen LogP contribution in [-0.4, -0.2) is 17.6 Å². The molecule has 0 spiro atoms. The van der Waals surface area contributed by atoms with Crippen molar-refractivity contribution < 1.29 is 13.9 Å². The second-order valence-corrected chi connectivity index (χ2v) is 3.85. The fourth-order valence-corrected chi connectivity index (χ4v) is 1.47. The molecule has 0 saturated heterocycles. The van der Waals surface area contributed by atoms with Gasteiger partial charge in [-0.2, -0.15) is 4.98 Å². The zero-order valence-electron chi connectivity index (χ0n) is 10.6. The van der Waals surface area contributed by atoms with Crippen LogP contribution in [0.1, 0.15) is 23.0 Å². The Balaban J connectivity index is 1.93. The highest BCUT2D eigenvalue weighted by Gasteiger charge is 2.12. The topological polar surface area (TPSA) is 90.4 Å². The SMILES string of the molecule is CCOC(=O)c1coc(NCc2ccc(N)cc2)n1. The number of hydrogen-bond acceptors (Lipinski definition) is 6. The number of oxazole rings is 1. The van der Waals surface area contributed by atoms with Gasteiger partial charge in [0.05, 0.1) is 6.61 Å². The summed E-state index contributed by atoms with van der Waals surface area (Å²) in [5, 5.41) is 2.97. The summed E-state index contributed by atoms with van der Waals surface area (Å²) in [6.45, 7) is 2.57. The summed E-state index contributed by atoms with van der Waals surface area (Å²) in [5.74, 6) is -0.494. The van der Waals surface area contributed by atoms with Crippen LogP contribution in [0.5, 0.6) is 0 Å². The van der Waals surface area contributed by atoms with Crippen molar-refractivity contribution in [3.05, 3.63) is 41.8 Å². The van der Waals surface area contributed by atoms with Crippen molar-refractivity contribution in [2.75, 3.05) is 17.7 Å². The van der Waals surface area contributed by atoms with E-state index in [0.717, 1.165) is 5.56 Å². The molecule has 1 heterocycles. The van der Waals surface area contributed by atoms with Crippen molar-refractivity contribution in [2.45, 2.75) is 13.5 Å². The molecule has 19 heavy (non-hydrogen) atoms. The Labute approximate surface area is 110 Å². The summed E-state index contributed by atoms with van der Waals surface area (Å²) in [6, 6.07) is 7.71. The Morgan fingerprint density at radius 2 is 2.16 bits per heavy atom. The van der Waals surface area contributed by atoms with Crippen molar-refractivity contribution in [3.8, 4) is 0 Å². The lowest BCUT2D eigenvalue weighted by Gasteiger charge is -2.02. The lowest BCUT2D eigenvalue weighted by molar-refractivity contribution is 0.0519. The maximum Gasteiger partial charge on any atom is 0.360 e. The van der Waals surface area contributed by atoms with E-state index in [2.05, 4.69) is 10.3 Å². The molecule has 100 valence electrons. The third kappa shape index (κ3) is 3.48. The van der Waals surface area contributed by atoms with Gasteiger partial charge in [0.15, 0.2) is 5.69 Å². The molecule has 3 N–H and O–H groups in total. The van der Waals surface area contributed by atoms with Gasteiger partial charge in [0.1, 0.15) is 6.26 Å². The molecule has 6 heteroatoms. The number of carbonyl (C=O) groups excluding carboxylic acids is 1. The van der Waals surface area contributed by atoms with Gasteiger partial charge in [-0.05, 0) is 24.6 Å². The Bertz CT molecular complexity index is 549. The number of hydrogen-bond donors (Lipinski definition) is 2. The molecule has 2 rings (SSSR count). The number of nitrogens with one attached hydrogen (secondary N) is 1. The number of rotatable bonds is 5. The smallest absolute Gasteiger partial charge is 0.360 e. The van der Waals surface area contributed by atoms with E-state index in [0.29, 0.717) is 18.8 Å². The van der Waals surface area contributed by atoms with E-state index in [1.807, 2.05) is 24.3 Å². The average molecular weight is 261 g/mol. The normalized spacial score (nSPS) is 10.2. The van der Waals surface area contributed by atoms with E-state index in [1.165, 1.54) is 6.26 Å². The fourth-order valence-electron chi connectivity index (χ4n) is 1.47. The van der Waals surface area contributed by atoms with Crippen LogP contribution in [0.4, 0.5) is 11.7 Å². The van der Waals surface area contributed by atoms with Gasteiger partial charge in [0, 0.05) is 12.2 Å². The van der Waals surface area contributed by atoms with Crippen molar-refractivity contribution in [2.24, 2.45) is 0 Å². The highest BCUT2D eigenvalue weighted by Crippen LogP contribution is 2.11. The molecular weight excluding hydrogens is 246 g/mol. The van der Waals surface area contributed by atoms with Gasteiger partial charge in [-0.1, -0.05) is 12.1 Å². The zero-order chi connectivity index (χ0) is 13.7. The minimum Gasteiger partial charge on any atom is -0.461 e. The molecule has 0 radical (unpaired) electrons. The second kappa shape index (κ2) is 5.90. The van der Waals surface area contributed by atoms with E-state index in [1.54, 1.807) is 6.92 Å². The average Bonchev–Trinajstić information content (AvgIpc) is 2.87. The third-order valence-electron chi connectivity index (χ3n) is 2.41. The predicted octanol–water partition coefficient (Wildman–Crippen LogP) is 2.05. The van der Waals surface area contributed by atoms with Crippen LogP contribution in [0, 0.1) is 0 Å². The van der Waals surface area contributed by atoms with Gasteiger partial charge in [0.2, 0.25) is 0 Å². The van der Waals surface area contributed by atoms with Crippen molar-refractivity contribution in [1.29, 1.82) is 0 Å². The number of nitrogen functional groups attached to an aromatic ring is 1. The zero-order valence-corrected chi connectivity index (χ0v) is 10.6. The van der Waals surface area contributed by atoms with E-state index in [4.69, 9.17) is 14.9 Å². The first-order valence-electron chi connectivity index (χ1n) is 5.90. The lowest BCUT2D eigenvalue weighted by Crippen LogP contribution is -2.05. The monoisotopic (exact) mass is 261 g/mol. The Morgan fingerprint density at radius 3 is 2.84 bits per heavy atom. The largest absolute Gasteiger partial charge is 0.461 e. The third-order valence-corrected chi connectivity index (χ3v) is 2.41. The van der Waals surface area contributed by atoms with Crippen LogP contribution >= 0.6 is 0 Å². The Hall–Kier alpha value is -2.50. The second-order valence-electron chi connectivity index (χ2n) is 3.85. The van der Waals surface area contributed by atoms with Crippen molar-refractivity contribution in [3.63, 3.8) is 0 Å². The quantitative estimate of drug-likeness (QED) is 0.632. The summed E-state index contributed by atoms with van der Waals surface area (Å²) in [6.07, 6.45) is 1.27. The first kappa shape index (κ1) is 12.9. The fraction of sp³-hybridized carbons (Fsp3) is 0.231. The minimum atomic E-state index is -0.494. The molecule has 0 aliphatic heterocycles. The molecule has 0 bridgehead atoms. The number of anilines is 2. The van der Waals surface area contributed by atoms with Crippen molar-refractivity contribution in [1.82, 2.24) is 4.98 Å². The molecule has 0 aliphatic rings. The summed E-state index contributed by atoms with van der Waals surface area (Å²) in [5.41, 5.74) is 7.50. The van der Waals surface area contributed by atoms with Gasteiger partial charge in [-0.3, -0.25) is 0 Å². The molecule has 6 nitrogen and oxygen atoms in total. The summed E-state index contributed by atoms with van der Waals surface area (Å²) in [7, 11) is 0. The minimum absolute atomic E-state index is 0.154. The molecule has 0 fully saturated rings. The molecule has 0 saturated carbocycles. The molecule has 1 aromatic heterocycles. The van der Waals surface area contributed by atoms with Crippen LogP contribution in [0.2, 0.25) is 0 Å². The maximum atomic E-state index is 11.4. The van der Waals surface area contributed by atoms with Crippen LogP contribution in [-0.2, 0) is 11.3 Å². The predicted molar refractivity (Wildman–Crippen MR) is 70.6 cm³/mol. The highest BCUT2D eigenvalue weighted by atomic mass is 16.5. The summed E-state index contributed by atoms with van der Waals surface area (Å²) in [4.78, 5) is 15.4. The van der Waals surface area contributed by atoms with Crippen LogP contribution in [0.25, 0.3) is 0 Å². The molecule has 0 atom stereocenters. The number of benzene rings is 1. The molecule has 2 aromatic rings. The van der Waals surface area contributed by atoms with Gasteiger partial charge >= 0.3 is 5.97 Å². The molecule has 0 aliphatic carbocycles. The number of ether oxygens (including phenoxy) is 1. The molecule has 0 unspecified atom stereocenters. The number of esters is 1. The molecule has 0 amide bonds. The van der Waals surface area contributed by atoms with Gasteiger partial charge in [0.25, 0.3) is 6.01 Å². The van der Waals surface area contributed by atoms with Crippen molar-refractivity contribution >= 4 is 17.7 Å². The van der Waals surface area contributed by atoms with E-state index < -0.39 is 5.97 Å². The Morgan fingerprint density at radius 1 is 1.42 bits per heavy atom. The lowest BCUT2D eigenvalue weighted by atomic mass is 10.2. The number of carbonyl (C=O) groups is 1. The first-order chi connectivity index (χ1) is 9.19. The van der Waals surface area contributed by atoms with Gasteiger partial charge in [-0.15, -0.1) is 0 Å². The molecule has 1 aromatic carbocycles.